The molecule has 72 valence electrons. The molecule has 0 bridgehead atoms. The molecule has 3 heteroatoms. The van der Waals surface area contributed by atoms with Crippen molar-refractivity contribution in [2.24, 2.45) is 0 Å². The van der Waals surface area contributed by atoms with Crippen LogP contribution in [0.25, 0.3) is 11.3 Å². The SMILES string of the molecule is CNc1nc(-c2ccccc2C)cs1. The van der Waals surface area contributed by atoms with Gasteiger partial charge in [0.1, 0.15) is 0 Å². The summed E-state index contributed by atoms with van der Waals surface area (Å²) in [6.07, 6.45) is 0. The number of rotatable bonds is 2. The molecule has 2 aromatic rings. The van der Waals surface area contributed by atoms with Crippen molar-refractivity contribution >= 4 is 16.5 Å². The van der Waals surface area contributed by atoms with Gasteiger partial charge < -0.3 is 5.32 Å². The zero-order valence-electron chi connectivity index (χ0n) is 8.24. The molecule has 1 aromatic heterocycles. The van der Waals surface area contributed by atoms with Crippen LogP contribution in [-0.2, 0) is 0 Å². The fourth-order valence-corrected chi connectivity index (χ4v) is 2.04. The van der Waals surface area contributed by atoms with E-state index in [1.165, 1.54) is 11.1 Å². The Morgan fingerprint density at radius 1 is 1.29 bits per heavy atom. The molecule has 1 heterocycles. The molecule has 0 aliphatic rings. The van der Waals surface area contributed by atoms with E-state index < -0.39 is 0 Å². The first-order chi connectivity index (χ1) is 6.81. The largest absolute Gasteiger partial charge is 0.365 e. The van der Waals surface area contributed by atoms with Crippen LogP contribution in [0.4, 0.5) is 5.13 Å². The summed E-state index contributed by atoms with van der Waals surface area (Å²) in [5, 5.41) is 6.08. The molecular formula is C11H12N2S. The lowest BCUT2D eigenvalue weighted by Crippen LogP contribution is -1.87. The highest BCUT2D eigenvalue weighted by Crippen LogP contribution is 2.26. The molecule has 14 heavy (non-hydrogen) atoms. The summed E-state index contributed by atoms with van der Waals surface area (Å²) < 4.78 is 0. The summed E-state index contributed by atoms with van der Waals surface area (Å²) in [5.74, 6) is 0. The number of aromatic nitrogens is 1. The van der Waals surface area contributed by atoms with Gasteiger partial charge in [0.15, 0.2) is 5.13 Å². The van der Waals surface area contributed by atoms with Crippen molar-refractivity contribution in [2.45, 2.75) is 6.92 Å². The molecule has 0 spiro atoms. The Morgan fingerprint density at radius 3 is 2.71 bits per heavy atom. The van der Waals surface area contributed by atoms with Crippen LogP contribution in [0.3, 0.4) is 0 Å². The fourth-order valence-electron chi connectivity index (χ4n) is 1.37. The van der Waals surface area contributed by atoms with Crippen molar-refractivity contribution in [2.75, 3.05) is 12.4 Å². The highest BCUT2D eigenvalue weighted by Gasteiger charge is 2.04. The second kappa shape index (κ2) is 3.80. The Morgan fingerprint density at radius 2 is 2.07 bits per heavy atom. The molecule has 0 radical (unpaired) electrons. The van der Waals surface area contributed by atoms with Crippen LogP contribution in [0.2, 0.25) is 0 Å². The number of anilines is 1. The van der Waals surface area contributed by atoms with Gasteiger partial charge in [-0.25, -0.2) is 4.98 Å². The maximum Gasteiger partial charge on any atom is 0.182 e. The van der Waals surface area contributed by atoms with Gasteiger partial charge in [-0.15, -0.1) is 11.3 Å². The average molecular weight is 204 g/mol. The molecule has 2 nitrogen and oxygen atoms in total. The minimum absolute atomic E-state index is 0.961. The topological polar surface area (TPSA) is 24.9 Å². The van der Waals surface area contributed by atoms with Crippen molar-refractivity contribution in [1.82, 2.24) is 4.98 Å². The molecule has 0 aliphatic heterocycles. The van der Waals surface area contributed by atoms with Crippen molar-refractivity contribution in [3.05, 3.63) is 35.2 Å². The van der Waals surface area contributed by atoms with Gasteiger partial charge >= 0.3 is 0 Å². The van der Waals surface area contributed by atoms with Gasteiger partial charge in [0, 0.05) is 18.0 Å². The van der Waals surface area contributed by atoms with Gasteiger partial charge in [0.05, 0.1) is 5.69 Å². The van der Waals surface area contributed by atoms with Crippen molar-refractivity contribution < 1.29 is 0 Å². The van der Waals surface area contributed by atoms with Crippen LogP contribution in [0, 0.1) is 6.92 Å². The molecule has 2 rings (SSSR count). The third kappa shape index (κ3) is 1.63. The third-order valence-electron chi connectivity index (χ3n) is 2.14. The zero-order valence-corrected chi connectivity index (χ0v) is 9.06. The molecule has 1 aromatic carbocycles. The van der Waals surface area contributed by atoms with E-state index in [2.05, 4.69) is 34.7 Å². The first kappa shape index (κ1) is 9.21. The van der Waals surface area contributed by atoms with Crippen molar-refractivity contribution in [3.8, 4) is 11.3 Å². The predicted molar refractivity (Wildman–Crippen MR) is 61.8 cm³/mol. The number of thiazole rings is 1. The highest BCUT2D eigenvalue weighted by molar-refractivity contribution is 7.14. The lowest BCUT2D eigenvalue weighted by molar-refractivity contribution is 1.34. The van der Waals surface area contributed by atoms with E-state index >= 15 is 0 Å². The lowest BCUT2D eigenvalue weighted by atomic mass is 10.1. The van der Waals surface area contributed by atoms with Crippen LogP contribution < -0.4 is 5.32 Å². The van der Waals surface area contributed by atoms with E-state index in [1.807, 2.05) is 19.2 Å². The van der Waals surface area contributed by atoms with Crippen LogP contribution in [0.1, 0.15) is 5.56 Å². The smallest absolute Gasteiger partial charge is 0.182 e. The standard InChI is InChI=1S/C11H12N2S/c1-8-5-3-4-6-9(8)10-7-14-11(12-2)13-10/h3-7H,1-2H3,(H,12,13). The lowest BCUT2D eigenvalue weighted by Gasteiger charge is -2.00. The molecule has 0 saturated heterocycles. The van der Waals surface area contributed by atoms with E-state index in [0.29, 0.717) is 0 Å². The van der Waals surface area contributed by atoms with E-state index in [0.717, 1.165) is 10.8 Å². The van der Waals surface area contributed by atoms with Crippen molar-refractivity contribution in [1.29, 1.82) is 0 Å². The summed E-state index contributed by atoms with van der Waals surface area (Å²) >= 11 is 1.63. The maximum absolute atomic E-state index is 4.47. The third-order valence-corrected chi connectivity index (χ3v) is 3.00. The first-order valence-electron chi connectivity index (χ1n) is 4.50. The molecular weight excluding hydrogens is 192 g/mol. The number of aryl methyl sites for hydroxylation is 1. The molecule has 0 unspecified atom stereocenters. The Hall–Kier alpha value is -1.35. The Balaban J connectivity index is 2.44. The van der Waals surface area contributed by atoms with Gasteiger partial charge in [0.25, 0.3) is 0 Å². The normalized spacial score (nSPS) is 10.1. The number of benzene rings is 1. The first-order valence-corrected chi connectivity index (χ1v) is 5.38. The van der Waals surface area contributed by atoms with Gasteiger partial charge in [-0.3, -0.25) is 0 Å². The Kier molecular flexibility index (Phi) is 2.50. The molecule has 0 saturated carbocycles. The zero-order chi connectivity index (χ0) is 9.97. The summed E-state index contributed by atoms with van der Waals surface area (Å²) in [6.45, 7) is 2.10. The average Bonchev–Trinajstić information content (AvgIpc) is 2.67. The summed E-state index contributed by atoms with van der Waals surface area (Å²) in [7, 11) is 1.89. The second-order valence-electron chi connectivity index (χ2n) is 3.10. The van der Waals surface area contributed by atoms with Gasteiger partial charge in [0.2, 0.25) is 0 Å². The summed E-state index contributed by atoms with van der Waals surface area (Å²) in [6, 6.07) is 8.29. The second-order valence-corrected chi connectivity index (χ2v) is 3.96. The van der Waals surface area contributed by atoms with E-state index in [4.69, 9.17) is 0 Å². The number of hydrogen-bond donors (Lipinski definition) is 1. The molecule has 0 atom stereocenters. The van der Waals surface area contributed by atoms with Crippen LogP contribution >= 0.6 is 11.3 Å². The minimum Gasteiger partial charge on any atom is -0.365 e. The Labute approximate surface area is 87.6 Å². The van der Waals surface area contributed by atoms with Crippen molar-refractivity contribution in [3.63, 3.8) is 0 Å². The summed E-state index contributed by atoms with van der Waals surface area (Å²) in [5.41, 5.74) is 3.53. The van der Waals surface area contributed by atoms with Gasteiger partial charge in [-0.1, -0.05) is 24.3 Å². The van der Waals surface area contributed by atoms with Crippen LogP contribution in [-0.4, -0.2) is 12.0 Å². The van der Waals surface area contributed by atoms with E-state index in [-0.39, 0.29) is 0 Å². The number of hydrogen-bond acceptors (Lipinski definition) is 3. The highest BCUT2D eigenvalue weighted by atomic mass is 32.1. The monoisotopic (exact) mass is 204 g/mol. The summed E-state index contributed by atoms with van der Waals surface area (Å²) in [4.78, 5) is 4.47. The maximum atomic E-state index is 4.47. The molecule has 0 amide bonds. The fraction of sp³-hybridized carbons (Fsp3) is 0.182. The molecule has 0 aliphatic carbocycles. The van der Waals surface area contributed by atoms with Gasteiger partial charge in [-0.2, -0.15) is 0 Å². The minimum atomic E-state index is 0.961. The molecule has 1 N–H and O–H groups in total. The predicted octanol–water partition coefficient (Wildman–Crippen LogP) is 3.16. The van der Waals surface area contributed by atoms with E-state index in [9.17, 15) is 0 Å². The quantitative estimate of drug-likeness (QED) is 0.812. The number of nitrogens with one attached hydrogen (secondary N) is 1. The van der Waals surface area contributed by atoms with Crippen LogP contribution in [0.15, 0.2) is 29.6 Å². The van der Waals surface area contributed by atoms with Crippen LogP contribution in [0.5, 0.6) is 0 Å². The number of nitrogens with zero attached hydrogens (tertiary/aromatic N) is 1. The van der Waals surface area contributed by atoms with E-state index in [1.54, 1.807) is 11.3 Å². The Bertz CT molecular complexity index is 434. The van der Waals surface area contributed by atoms with Gasteiger partial charge in [-0.05, 0) is 12.5 Å². The molecule has 0 fully saturated rings.